The maximum Gasteiger partial charge on any atom is 0.243 e. The van der Waals surface area contributed by atoms with Crippen LogP contribution in [-0.2, 0) is 20.2 Å². The predicted molar refractivity (Wildman–Crippen MR) is 125 cm³/mol. The predicted octanol–water partition coefficient (Wildman–Crippen LogP) is 3.63. The van der Waals surface area contributed by atoms with Crippen LogP contribution in [0.3, 0.4) is 0 Å². The molecule has 1 aliphatic rings. The summed E-state index contributed by atoms with van der Waals surface area (Å²) in [6.45, 7) is 11.9. The minimum atomic E-state index is -3.54. The average molecular weight is 444 g/mol. The van der Waals surface area contributed by atoms with E-state index >= 15 is 0 Å². The molecule has 1 N–H and O–H groups in total. The van der Waals surface area contributed by atoms with E-state index in [0.717, 1.165) is 16.8 Å². The second-order valence-corrected chi connectivity index (χ2v) is 11.1. The van der Waals surface area contributed by atoms with Crippen molar-refractivity contribution in [3.05, 3.63) is 59.7 Å². The number of rotatable bonds is 5. The zero-order valence-electron chi connectivity index (χ0n) is 19.1. The normalized spacial score (nSPS) is 17.3. The lowest BCUT2D eigenvalue weighted by Gasteiger charge is -2.36. The molecule has 3 rings (SSSR count). The molecule has 7 heteroatoms. The highest BCUT2D eigenvalue weighted by Crippen LogP contribution is 2.25. The number of para-hydroxylation sites is 1. The van der Waals surface area contributed by atoms with Gasteiger partial charge in [-0.05, 0) is 48.6 Å². The molecule has 0 spiro atoms. The number of hydrogen-bond acceptors (Lipinski definition) is 4. The number of amides is 1. The number of benzene rings is 2. The van der Waals surface area contributed by atoms with Crippen molar-refractivity contribution in [1.29, 1.82) is 0 Å². The van der Waals surface area contributed by atoms with Gasteiger partial charge < -0.3 is 5.32 Å². The monoisotopic (exact) mass is 443 g/mol. The zero-order valence-corrected chi connectivity index (χ0v) is 19.9. The molecule has 2 aromatic rings. The van der Waals surface area contributed by atoms with Gasteiger partial charge in [-0.2, -0.15) is 4.31 Å². The summed E-state index contributed by atoms with van der Waals surface area (Å²) in [6, 6.07) is 14.5. The molecular formula is C24H33N3O3S. The van der Waals surface area contributed by atoms with E-state index < -0.39 is 10.0 Å². The van der Waals surface area contributed by atoms with E-state index in [2.05, 4.69) is 26.1 Å². The Hall–Kier alpha value is -2.22. The minimum Gasteiger partial charge on any atom is -0.324 e. The Morgan fingerprint density at radius 2 is 1.55 bits per heavy atom. The lowest BCUT2D eigenvalue weighted by atomic mass is 9.87. The van der Waals surface area contributed by atoms with E-state index in [1.807, 2.05) is 55.1 Å². The molecule has 1 heterocycles. The van der Waals surface area contributed by atoms with Crippen LogP contribution in [0.2, 0.25) is 0 Å². The van der Waals surface area contributed by atoms with Gasteiger partial charge in [0, 0.05) is 31.9 Å². The number of carbonyl (C=O) groups is 1. The molecule has 0 radical (unpaired) electrons. The van der Waals surface area contributed by atoms with Crippen molar-refractivity contribution < 1.29 is 13.2 Å². The number of hydrogen-bond donors (Lipinski definition) is 1. The van der Waals surface area contributed by atoms with Crippen molar-refractivity contribution in [2.24, 2.45) is 0 Å². The maximum atomic E-state index is 13.1. The molecule has 0 aliphatic carbocycles. The minimum absolute atomic E-state index is 0.0249. The Morgan fingerprint density at radius 1 is 0.968 bits per heavy atom. The molecule has 31 heavy (non-hydrogen) atoms. The van der Waals surface area contributed by atoms with Gasteiger partial charge in [0.05, 0.1) is 10.9 Å². The topological polar surface area (TPSA) is 69.7 Å². The number of aryl methyl sites for hydroxylation is 1. The van der Waals surface area contributed by atoms with Crippen molar-refractivity contribution >= 4 is 21.6 Å². The molecular weight excluding hydrogens is 410 g/mol. The van der Waals surface area contributed by atoms with Crippen molar-refractivity contribution in [1.82, 2.24) is 9.21 Å². The highest BCUT2D eigenvalue weighted by atomic mass is 32.2. The van der Waals surface area contributed by atoms with E-state index in [-0.39, 0.29) is 17.4 Å². The molecule has 0 saturated carbocycles. The van der Waals surface area contributed by atoms with Gasteiger partial charge in [0.15, 0.2) is 0 Å². The standard InChI is InChI=1S/C24H33N3O3S/c1-18-8-6-7-9-22(18)25-23(28)19(2)26-14-16-27(17-15-26)31(29,30)21-12-10-20(11-13-21)24(3,4)5/h6-13,19H,14-17H2,1-5H3,(H,25,28)/t19-/m0/s1. The van der Waals surface area contributed by atoms with Gasteiger partial charge in [-0.1, -0.05) is 51.1 Å². The number of anilines is 1. The number of piperazine rings is 1. The number of nitrogens with one attached hydrogen (secondary N) is 1. The van der Waals surface area contributed by atoms with Crippen LogP contribution in [-0.4, -0.2) is 55.8 Å². The van der Waals surface area contributed by atoms with Crippen LogP contribution in [0.5, 0.6) is 0 Å². The van der Waals surface area contributed by atoms with Crippen LogP contribution < -0.4 is 5.32 Å². The van der Waals surface area contributed by atoms with Crippen molar-refractivity contribution in [3.8, 4) is 0 Å². The van der Waals surface area contributed by atoms with Gasteiger partial charge in [0.1, 0.15) is 0 Å². The average Bonchev–Trinajstić information content (AvgIpc) is 2.74. The third kappa shape index (κ3) is 5.34. The fraction of sp³-hybridized carbons (Fsp3) is 0.458. The van der Waals surface area contributed by atoms with Gasteiger partial charge in [0.25, 0.3) is 0 Å². The lowest BCUT2D eigenvalue weighted by Crippen LogP contribution is -2.53. The summed E-state index contributed by atoms with van der Waals surface area (Å²) in [5.41, 5.74) is 2.89. The van der Waals surface area contributed by atoms with E-state index in [9.17, 15) is 13.2 Å². The van der Waals surface area contributed by atoms with Crippen LogP contribution in [0.25, 0.3) is 0 Å². The van der Waals surface area contributed by atoms with E-state index in [1.165, 1.54) is 4.31 Å². The summed E-state index contributed by atoms with van der Waals surface area (Å²) < 4.78 is 27.6. The molecule has 168 valence electrons. The van der Waals surface area contributed by atoms with Gasteiger partial charge in [-0.3, -0.25) is 9.69 Å². The highest BCUT2D eigenvalue weighted by Gasteiger charge is 2.32. The van der Waals surface area contributed by atoms with Gasteiger partial charge in [-0.15, -0.1) is 0 Å². The smallest absolute Gasteiger partial charge is 0.243 e. The summed E-state index contributed by atoms with van der Waals surface area (Å²) in [5, 5.41) is 2.98. The Balaban J connectivity index is 1.61. The molecule has 2 aromatic carbocycles. The van der Waals surface area contributed by atoms with Crippen LogP contribution in [0.4, 0.5) is 5.69 Å². The Bertz CT molecular complexity index is 1020. The van der Waals surface area contributed by atoms with Crippen molar-refractivity contribution in [2.45, 2.75) is 51.0 Å². The number of nitrogens with zero attached hydrogens (tertiary/aromatic N) is 2. The fourth-order valence-electron chi connectivity index (χ4n) is 3.72. The van der Waals surface area contributed by atoms with E-state index in [1.54, 1.807) is 12.1 Å². The summed E-state index contributed by atoms with van der Waals surface area (Å²) in [4.78, 5) is 15.0. The van der Waals surface area contributed by atoms with Crippen molar-refractivity contribution in [3.63, 3.8) is 0 Å². The van der Waals surface area contributed by atoms with Crippen LogP contribution in [0.1, 0.15) is 38.8 Å². The summed E-state index contributed by atoms with van der Waals surface area (Å²) >= 11 is 0. The Kier molecular flexibility index (Phi) is 6.88. The highest BCUT2D eigenvalue weighted by molar-refractivity contribution is 7.89. The molecule has 1 amide bonds. The van der Waals surface area contributed by atoms with Gasteiger partial charge in [-0.25, -0.2) is 8.42 Å². The molecule has 1 fully saturated rings. The summed E-state index contributed by atoms with van der Waals surface area (Å²) in [6.07, 6.45) is 0. The molecule has 0 aromatic heterocycles. The van der Waals surface area contributed by atoms with Crippen LogP contribution in [0.15, 0.2) is 53.4 Å². The van der Waals surface area contributed by atoms with Crippen molar-refractivity contribution in [2.75, 3.05) is 31.5 Å². The Labute approximate surface area is 186 Å². The molecule has 0 bridgehead atoms. The quantitative estimate of drug-likeness (QED) is 0.766. The second-order valence-electron chi connectivity index (χ2n) is 9.19. The number of carbonyl (C=O) groups excluding carboxylic acids is 1. The first-order chi connectivity index (χ1) is 14.5. The van der Waals surface area contributed by atoms with Crippen LogP contribution >= 0.6 is 0 Å². The van der Waals surface area contributed by atoms with Gasteiger partial charge >= 0.3 is 0 Å². The maximum absolute atomic E-state index is 13.1. The molecule has 0 unspecified atom stereocenters. The molecule has 1 atom stereocenters. The third-order valence-electron chi connectivity index (χ3n) is 5.96. The number of sulfonamides is 1. The first kappa shape index (κ1) is 23.4. The van der Waals surface area contributed by atoms with E-state index in [4.69, 9.17) is 0 Å². The van der Waals surface area contributed by atoms with E-state index in [0.29, 0.717) is 31.1 Å². The summed E-state index contributed by atoms with van der Waals surface area (Å²) in [5.74, 6) is -0.0802. The fourth-order valence-corrected chi connectivity index (χ4v) is 5.15. The second kappa shape index (κ2) is 9.10. The first-order valence-corrected chi connectivity index (χ1v) is 12.2. The molecule has 1 saturated heterocycles. The lowest BCUT2D eigenvalue weighted by molar-refractivity contribution is -0.121. The SMILES string of the molecule is Cc1ccccc1NC(=O)[C@H](C)N1CCN(S(=O)(=O)c2ccc(C(C)(C)C)cc2)CC1. The first-order valence-electron chi connectivity index (χ1n) is 10.7. The largest absolute Gasteiger partial charge is 0.324 e. The third-order valence-corrected chi connectivity index (χ3v) is 7.87. The van der Waals surface area contributed by atoms with Gasteiger partial charge in [0.2, 0.25) is 15.9 Å². The zero-order chi connectivity index (χ0) is 22.8. The molecule has 6 nitrogen and oxygen atoms in total. The summed E-state index contributed by atoms with van der Waals surface area (Å²) in [7, 11) is -3.54. The molecule has 1 aliphatic heterocycles. The Morgan fingerprint density at radius 3 is 2.10 bits per heavy atom. The van der Waals surface area contributed by atoms with Crippen LogP contribution in [0, 0.1) is 6.92 Å².